The Morgan fingerprint density at radius 1 is 1.10 bits per heavy atom. The van der Waals surface area contributed by atoms with E-state index < -0.39 is 11.6 Å². The summed E-state index contributed by atoms with van der Waals surface area (Å²) in [5, 5.41) is 13.5. The number of rotatable bonds is 1. The molecule has 0 bridgehead atoms. The number of carbonyl (C=O) groups excluding carboxylic acids is 2. The molecule has 0 spiro atoms. The molecule has 0 saturated heterocycles. The number of phenolic OH excluding ortho intramolecular Hbond substituents is 1. The Labute approximate surface area is 126 Å². The summed E-state index contributed by atoms with van der Waals surface area (Å²) in [5.41, 5.74) is 8.87. The third-order valence-corrected chi connectivity index (χ3v) is 3.85. The molecule has 0 fully saturated rings. The van der Waals surface area contributed by atoms with Crippen molar-refractivity contribution in [1.82, 2.24) is 0 Å². The molecule has 6 nitrogen and oxygen atoms in total. The van der Waals surface area contributed by atoms with E-state index in [0.717, 1.165) is 0 Å². The molecule has 0 radical (unpaired) electrons. The van der Waals surface area contributed by atoms with Crippen LogP contribution in [0.2, 0.25) is 0 Å². The van der Waals surface area contributed by atoms with Gasteiger partial charge in [0.15, 0.2) is 11.6 Å². The van der Waals surface area contributed by atoms with Crippen molar-refractivity contribution in [3.8, 4) is 5.75 Å². The van der Waals surface area contributed by atoms with Crippen LogP contribution in [0.5, 0.6) is 5.75 Å². The third kappa shape index (κ3) is 1.83. The van der Waals surface area contributed by atoms with Crippen LogP contribution < -0.4 is 0 Å². The molecule has 0 amide bonds. The van der Waals surface area contributed by atoms with Gasteiger partial charge in [0.2, 0.25) is 0 Å². The second kappa shape index (κ2) is 4.73. The standard InChI is InChI=1S/C14H6BrN3O3/c15-8-5-9(19)10-11(12(8)17-18-16)14(21)7-4-2-1-3-6(7)13(10)20/h1-5,19H. The predicted octanol–water partition coefficient (Wildman–Crippen LogP) is 3.87. The van der Waals surface area contributed by atoms with Gasteiger partial charge in [-0.1, -0.05) is 45.3 Å². The second-order valence-electron chi connectivity index (χ2n) is 4.37. The van der Waals surface area contributed by atoms with Crippen molar-refractivity contribution in [1.29, 1.82) is 0 Å². The topological polar surface area (TPSA) is 103 Å². The van der Waals surface area contributed by atoms with Crippen molar-refractivity contribution in [2.75, 3.05) is 0 Å². The monoisotopic (exact) mass is 343 g/mol. The summed E-state index contributed by atoms with van der Waals surface area (Å²) in [6, 6.07) is 7.56. The lowest BCUT2D eigenvalue weighted by atomic mass is 9.83. The average molecular weight is 344 g/mol. The van der Waals surface area contributed by atoms with Crippen molar-refractivity contribution in [3.63, 3.8) is 0 Å². The van der Waals surface area contributed by atoms with Crippen LogP contribution in [0.1, 0.15) is 31.8 Å². The van der Waals surface area contributed by atoms with Crippen molar-refractivity contribution in [3.05, 3.63) is 67.5 Å². The fourth-order valence-corrected chi connectivity index (χ4v) is 2.86. The number of carbonyl (C=O) groups is 2. The number of aromatic hydroxyl groups is 1. The van der Waals surface area contributed by atoms with Gasteiger partial charge < -0.3 is 5.11 Å². The molecule has 1 aliphatic rings. The SMILES string of the molecule is [N-]=[N+]=Nc1c(Br)cc(O)c2c1C(=O)c1ccccc1C2=O. The lowest BCUT2D eigenvalue weighted by Crippen LogP contribution is -2.21. The van der Waals surface area contributed by atoms with E-state index in [0.29, 0.717) is 0 Å². The number of halogens is 1. The molecule has 0 unspecified atom stereocenters. The van der Waals surface area contributed by atoms with Crippen LogP contribution in [0.4, 0.5) is 5.69 Å². The first-order chi connectivity index (χ1) is 10.1. The Bertz CT molecular complexity index is 870. The quantitative estimate of drug-likeness (QED) is 0.412. The zero-order valence-corrected chi connectivity index (χ0v) is 12.0. The minimum atomic E-state index is -0.473. The zero-order chi connectivity index (χ0) is 15.1. The number of hydrogen-bond donors (Lipinski definition) is 1. The van der Waals surface area contributed by atoms with E-state index in [4.69, 9.17) is 5.53 Å². The number of hydrogen-bond acceptors (Lipinski definition) is 4. The number of nitrogens with zero attached hydrogens (tertiary/aromatic N) is 3. The van der Waals surface area contributed by atoms with Crippen LogP contribution in [0, 0.1) is 0 Å². The molecule has 0 heterocycles. The molecule has 102 valence electrons. The fourth-order valence-electron chi connectivity index (χ4n) is 2.37. The van der Waals surface area contributed by atoms with E-state index in [9.17, 15) is 14.7 Å². The van der Waals surface area contributed by atoms with Crippen LogP contribution in [0.3, 0.4) is 0 Å². The zero-order valence-electron chi connectivity index (χ0n) is 10.4. The van der Waals surface area contributed by atoms with E-state index in [1.54, 1.807) is 12.1 Å². The summed E-state index contributed by atoms with van der Waals surface area (Å²) in [4.78, 5) is 27.7. The minimum Gasteiger partial charge on any atom is -0.507 e. The molecule has 0 saturated carbocycles. The molecule has 21 heavy (non-hydrogen) atoms. The Morgan fingerprint density at radius 2 is 1.67 bits per heavy atom. The maximum Gasteiger partial charge on any atom is 0.198 e. The Hall–Kier alpha value is -2.63. The average Bonchev–Trinajstić information content (AvgIpc) is 2.47. The highest BCUT2D eigenvalue weighted by molar-refractivity contribution is 9.10. The number of phenols is 1. The summed E-state index contributed by atoms with van der Waals surface area (Å²) in [6.45, 7) is 0. The smallest absolute Gasteiger partial charge is 0.198 e. The molecule has 7 heteroatoms. The van der Waals surface area contributed by atoms with Gasteiger partial charge >= 0.3 is 0 Å². The van der Waals surface area contributed by atoms with Crippen molar-refractivity contribution >= 4 is 33.2 Å². The minimum absolute atomic E-state index is 0.00171. The van der Waals surface area contributed by atoms with Gasteiger partial charge in [-0.2, -0.15) is 0 Å². The second-order valence-corrected chi connectivity index (χ2v) is 5.22. The van der Waals surface area contributed by atoms with Crippen molar-refractivity contribution < 1.29 is 14.7 Å². The van der Waals surface area contributed by atoms with Gasteiger partial charge in [-0.05, 0) is 11.6 Å². The van der Waals surface area contributed by atoms with Gasteiger partial charge in [0.25, 0.3) is 0 Å². The largest absolute Gasteiger partial charge is 0.507 e. The Morgan fingerprint density at radius 3 is 2.24 bits per heavy atom. The third-order valence-electron chi connectivity index (χ3n) is 3.25. The molecule has 2 aromatic rings. The lowest BCUT2D eigenvalue weighted by molar-refractivity contribution is 0.0977. The van der Waals surface area contributed by atoms with Crippen molar-refractivity contribution in [2.45, 2.75) is 0 Å². The van der Waals surface area contributed by atoms with Crippen LogP contribution in [-0.4, -0.2) is 16.7 Å². The van der Waals surface area contributed by atoms with Crippen LogP contribution in [0.25, 0.3) is 10.4 Å². The van der Waals surface area contributed by atoms with E-state index >= 15 is 0 Å². The van der Waals surface area contributed by atoms with Gasteiger partial charge in [-0.3, -0.25) is 9.59 Å². The highest BCUT2D eigenvalue weighted by Crippen LogP contribution is 2.42. The first-order valence-electron chi connectivity index (χ1n) is 5.85. The van der Waals surface area contributed by atoms with E-state index in [1.165, 1.54) is 18.2 Å². The van der Waals surface area contributed by atoms with Crippen molar-refractivity contribution in [2.24, 2.45) is 5.11 Å². The number of benzene rings is 2. The summed E-state index contributed by atoms with van der Waals surface area (Å²) in [6.07, 6.45) is 0. The Balaban J connectivity index is 2.45. The van der Waals surface area contributed by atoms with Gasteiger partial charge in [0.1, 0.15) is 5.75 Å². The molecular weight excluding hydrogens is 338 g/mol. The van der Waals surface area contributed by atoms with Gasteiger partial charge in [0, 0.05) is 26.1 Å². The molecular formula is C14H6BrN3O3. The van der Waals surface area contributed by atoms with Gasteiger partial charge in [-0.15, -0.1) is 0 Å². The molecule has 2 aromatic carbocycles. The van der Waals surface area contributed by atoms with Gasteiger partial charge in [-0.25, -0.2) is 0 Å². The maximum atomic E-state index is 12.6. The maximum absolute atomic E-state index is 12.6. The highest BCUT2D eigenvalue weighted by atomic mass is 79.9. The summed E-state index contributed by atoms with van der Waals surface area (Å²) < 4.78 is 0.247. The van der Waals surface area contributed by atoms with E-state index in [-0.39, 0.29) is 38.2 Å². The lowest BCUT2D eigenvalue weighted by Gasteiger charge is -2.20. The molecule has 0 aromatic heterocycles. The fraction of sp³-hybridized carbons (Fsp3) is 0. The summed E-state index contributed by atoms with van der Waals surface area (Å²) >= 11 is 3.13. The predicted molar refractivity (Wildman–Crippen MR) is 77.9 cm³/mol. The van der Waals surface area contributed by atoms with E-state index in [2.05, 4.69) is 26.0 Å². The van der Waals surface area contributed by atoms with E-state index in [1.807, 2.05) is 0 Å². The number of ketones is 2. The van der Waals surface area contributed by atoms with Crippen LogP contribution in [-0.2, 0) is 0 Å². The molecule has 1 N–H and O–H groups in total. The summed E-state index contributed by atoms with van der Waals surface area (Å²) in [7, 11) is 0. The normalized spacial score (nSPS) is 12.4. The Kier molecular flexibility index (Phi) is 3.01. The first-order valence-corrected chi connectivity index (χ1v) is 6.64. The molecule has 1 aliphatic carbocycles. The van der Waals surface area contributed by atoms with Crippen LogP contribution in [0.15, 0.2) is 39.9 Å². The number of azide groups is 1. The highest BCUT2D eigenvalue weighted by Gasteiger charge is 2.34. The number of fused-ring (bicyclic) bond motifs is 2. The van der Waals surface area contributed by atoms with Gasteiger partial charge in [0.05, 0.1) is 11.3 Å². The summed E-state index contributed by atoms with van der Waals surface area (Å²) in [5.74, 6) is -1.26. The molecule has 0 atom stereocenters. The molecule has 0 aliphatic heterocycles. The molecule has 3 rings (SSSR count). The first kappa shape index (κ1) is 13.4. The van der Waals surface area contributed by atoms with Crippen LogP contribution >= 0.6 is 15.9 Å².